The smallest absolute Gasteiger partial charge is 0.327 e. The molecule has 0 amide bonds. The highest BCUT2D eigenvalue weighted by molar-refractivity contribution is 5.91. The van der Waals surface area contributed by atoms with E-state index in [1.54, 1.807) is 7.11 Å². The van der Waals surface area contributed by atoms with Gasteiger partial charge in [0.25, 0.3) is 0 Å². The Morgan fingerprint density at radius 2 is 1.62 bits per heavy atom. The minimum Gasteiger partial charge on any atom is -0.508 e. The molecule has 0 radical (unpaired) electrons. The summed E-state index contributed by atoms with van der Waals surface area (Å²) in [6.07, 6.45) is 2.43. The number of aliphatic hydroxyl groups excluding tert-OH is 1. The molecule has 0 aromatic heterocycles. The minimum absolute atomic E-state index is 0.0400. The zero-order valence-electron chi connectivity index (χ0n) is 18.4. The molecule has 0 aliphatic carbocycles. The van der Waals surface area contributed by atoms with Gasteiger partial charge in [-0.2, -0.15) is 0 Å². The van der Waals surface area contributed by atoms with Gasteiger partial charge in [0, 0.05) is 17.5 Å². The molecule has 0 spiro atoms. The Morgan fingerprint density at radius 3 is 2.19 bits per heavy atom. The summed E-state index contributed by atoms with van der Waals surface area (Å²) in [5.41, 5.74) is 1.80. The van der Waals surface area contributed by atoms with Gasteiger partial charge in [0.2, 0.25) is 0 Å². The van der Waals surface area contributed by atoms with Gasteiger partial charge in [-0.1, -0.05) is 43.8 Å². The molecule has 3 rings (SSSR count). The highest BCUT2D eigenvalue weighted by Crippen LogP contribution is 2.32. The molecule has 2 atom stereocenters. The van der Waals surface area contributed by atoms with Crippen LogP contribution in [-0.4, -0.2) is 33.5 Å². The van der Waals surface area contributed by atoms with Crippen LogP contribution in [0.5, 0.6) is 17.2 Å². The number of methoxy groups -OCH3 is 1. The molecule has 0 saturated carbocycles. The van der Waals surface area contributed by atoms with Gasteiger partial charge in [0.15, 0.2) is 0 Å². The van der Waals surface area contributed by atoms with E-state index in [1.807, 2.05) is 18.2 Å². The van der Waals surface area contributed by atoms with E-state index in [-0.39, 0.29) is 11.5 Å². The number of carbonyl (C=O) groups is 1. The van der Waals surface area contributed by atoms with E-state index in [1.165, 1.54) is 29.1 Å². The molecule has 0 heterocycles. The fourth-order valence-corrected chi connectivity index (χ4v) is 3.59. The second-order valence-corrected chi connectivity index (χ2v) is 7.70. The molecule has 0 fully saturated rings. The van der Waals surface area contributed by atoms with Crippen molar-refractivity contribution in [3.63, 3.8) is 0 Å². The normalized spacial score (nSPS) is 12.3. The topological polar surface area (TPSA) is 107 Å². The molecule has 6 heteroatoms. The summed E-state index contributed by atoms with van der Waals surface area (Å²) < 4.78 is 5.46. The molecule has 0 saturated heterocycles. The number of aliphatic hydroxyl groups is 1. The third-order valence-corrected chi connectivity index (χ3v) is 5.18. The first-order valence-electron chi connectivity index (χ1n) is 10.4. The molecular formula is C26H30O6. The van der Waals surface area contributed by atoms with Gasteiger partial charge in [0.1, 0.15) is 17.2 Å². The number of phenolic OH excluding ortho intramolecular Hbond substituents is 2. The predicted octanol–water partition coefficient (Wildman–Crippen LogP) is 5.21. The highest BCUT2D eigenvalue weighted by atomic mass is 16.5. The lowest BCUT2D eigenvalue weighted by molar-refractivity contribution is -0.131. The summed E-state index contributed by atoms with van der Waals surface area (Å²) in [5.74, 6) is 0.192. The van der Waals surface area contributed by atoms with E-state index in [0.717, 1.165) is 30.1 Å². The third kappa shape index (κ3) is 7.03. The van der Waals surface area contributed by atoms with Crippen LogP contribution < -0.4 is 4.74 Å². The fourth-order valence-electron chi connectivity index (χ4n) is 3.59. The number of aliphatic carboxylic acids is 1. The van der Waals surface area contributed by atoms with Crippen LogP contribution in [0.1, 0.15) is 37.0 Å². The molecule has 3 aromatic carbocycles. The van der Waals surface area contributed by atoms with Crippen LogP contribution in [0.15, 0.2) is 67.3 Å². The Balaban J connectivity index is 0.000000654. The molecule has 4 N–H and O–H groups in total. The van der Waals surface area contributed by atoms with Crippen molar-refractivity contribution in [2.45, 2.75) is 32.3 Å². The maximum atomic E-state index is 10.4. The highest BCUT2D eigenvalue weighted by Gasteiger charge is 2.14. The van der Waals surface area contributed by atoms with Gasteiger partial charge >= 0.3 is 5.97 Å². The maximum Gasteiger partial charge on any atom is 0.327 e. The summed E-state index contributed by atoms with van der Waals surface area (Å²) in [7, 11) is 1.69. The Hall–Kier alpha value is -3.51. The Kier molecular flexibility index (Phi) is 9.10. The van der Waals surface area contributed by atoms with Gasteiger partial charge in [-0.05, 0) is 59.9 Å². The number of rotatable bonds is 8. The van der Waals surface area contributed by atoms with Crippen LogP contribution in [0.2, 0.25) is 0 Å². The number of hydrogen-bond acceptors (Lipinski definition) is 5. The monoisotopic (exact) mass is 438 g/mol. The quantitative estimate of drug-likeness (QED) is 0.360. The standard InChI is InChI=1S/C23H26O4.C3H4O2/c1-15(7-9-22(26)17-12-18(24)14-19(25)13-17)11-16-8-10-23(27-2)21-6-4-3-5-20(16)21;1-2-3(4)5/h3-6,8,10,12-15,22,24-26H,7,9,11H2,1-2H3;2H,1H2,(H,4,5)/t15-,22+;/m1./s1. The van der Waals surface area contributed by atoms with Crippen LogP contribution in [0.25, 0.3) is 10.8 Å². The molecule has 32 heavy (non-hydrogen) atoms. The van der Waals surface area contributed by atoms with Crippen LogP contribution in [0.4, 0.5) is 0 Å². The average Bonchev–Trinajstić information content (AvgIpc) is 2.77. The fraction of sp³-hybridized carbons (Fsp3) is 0.269. The molecule has 3 aromatic rings. The summed E-state index contributed by atoms with van der Waals surface area (Å²) in [6, 6.07) is 16.6. The predicted molar refractivity (Wildman–Crippen MR) is 125 cm³/mol. The zero-order valence-corrected chi connectivity index (χ0v) is 18.4. The molecule has 0 aliphatic rings. The van der Waals surface area contributed by atoms with Gasteiger partial charge in [-0.15, -0.1) is 0 Å². The van der Waals surface area contributed by atoms with Crippen LogP contribution in [0, 0.1) is 5.92 Å². The van der Waals surface area contributed by atoms with Crippen LogP contribution in [0.3, 0.4) is 0 Å². The Morgan fingerprint density at radius 1 is 1.03 bits per heavy atom. The first-order valence-corrected chi connectivity index (χ1v) is 10.4. The number of benzene rings is 3. The molecule has 0 unspecified atom stereocenters. The molecular weight excluding hydrogens is 408 g/mol. The number of ether oxygens (including phenoxy) is 1. The lowest BCUT2D eigenvalue weighted by atomic mass is 9.91. The molecule has 0 bridgehead atoms. The van der Waals surface area contributed by atoms with Crippen molar-refractivity contribution in [3.05, 3.63) is 78.4 Å². The van der Waals surface area contributed by atoms with E-state index in [4.69, 9.17) is 9.84 Å². The third-order valence-electron chi connectivity index (χ3n) is 5.18. The Bertz CT molecular complexity index is 1040. The van der Waals surface area contributed by atoms with Crippen molar-refractivity contribution >= 4 is 16.7 Å². The average molecular weight is 439 g/mol. The van der Waals surface area contributed by atoms with E-state index >= 15 is 0 Å². The summed E-state index contributed by atoms with van der Waals surface area (Å²) >= 11 is 0. The number of carboxylic acid groups (broad SMARTS) is 1. The van der Waals surface area contributed by atoms with Crippen molar-refractivity contribution in [2.24, 2.45) is 5.92 Å². The van der Waals surface area contributed by atoms with Gasteiger partial charge < -0.3 is 25.2 Å². The Labute approximate surface area is 188 Å². The van der Waals surface area contributed by atoms with Crippen molar-refractivity contribution in [1.29, 1.82) is 0 Å². The molecule has 170 valence electrons. The van der Waals surface area contributed by atoms with Gasteiger partial charge in [0.05, 0.1) is 13.2 Å². The van der Waals surface area contributed by atoms with E-state index < -0.39 is 12.1 Å². The number of hydrogen-bond donors (Lipinski definition) is 4. The SMILES string of the molecule is C=CC(=O)O.COc1ccc(C[C@H](C)CC[C@H](O)c2cc(O)cc(O)c2)c2ccccc12. The zero-order chi connectivity index (χ0) is 23.7. The van der Waals surface area contributed by atoms with Gasteiger partial charge in [-0.25, -0.2) is 4.79 Å². The van der Waals surface area contributed by atoms with Crippen LogP contribution >= 0.6 is 0 Å². The van der Waals surface area contributed by atoms with Crippen molar-refractivity contribution in [3.8, 4) is 17.2 Å². The first kappa shape index (κ1) is 24.8. The summed E-state index contributed by atoms with van der Waals surface area (Å²) in [4.78, 5) is 9.25. The van der Waals surface area contributed by atoms with Crippen LogP contribution in [-0.2, 0) is 11.2 Å². The lowest BCUT2D eigenvalue weighted by Crippen LogP contribution is -2.05. The van der Waals surface area contributed by atoms with Gasteiger partial charge in [-0.3, -0.25) is 0 Å². The number of aromatic hydroxyl groups is 2. The van der Waals surface area contributed by atoms with E-state index in [0.29, 0.717) is 17.9 Å². The number of fused-ring (bicyclic) bond motifs is 1. The maximum absolute atomic E-state index is 10.4. The van der Waals surface area contributed by atoms with E-state index in [2.05, 4.69) is 31.7 Å². The second-order valence-electron chi connectivity index (χ2n) is 7.70. The molecule has 6 nitrogen and oxygen atoms in total. The number of carboxylic acids is 1. The summed E-state index contributed by atoms with van der Waals surface area (Å²) in [6.45, 7) is 5.13. The van der Waals surface area contributed by atoms with Crippen molar-refractivity contribution in [2.75, 3.05) is 7.11 Å². The largest absolute Gasteiger partial charge is 0.508 e. The lowest BCUT2D eigenvalue weighted by Gasteiger charge is -2.17. The van der Waals surface area contributed by atoms with Crippen molar-refractivity contribution in [1.82, 2.24) is 0 Å². The summed E-state index contributed by atoms with van der Waals surface area (Å²) in [5, 5.41) is 39.5. The molecule has 0 aliphatic heterocycles. The van der Waals surface area contributed by atoms with E-state index in [9.17, 15) is 20.1 Å². The first-order chi connectivity index (χ1) is 15.2. The minimum atomic E-state index is -0.981. The second kappa shape index (κ2) is 11.8. The van der Waals surface area contributed by atoms with Crippen molar-refractivity contribution < 1.29 is 30.0 Å². The number of phenols is 2.